The van der Waals surface area contributed by atoms with E-state index in [9.17, 15) is 18.4 Å². The average Bonchev–Trinajstić information content (AvgIpc) is 2.51. The fraction of sp³-hybridized carbons (Fsp3) is 0.357. The number of hydrogen-bond donors (Lipinski definition) is 1. The van der Waals surface area contributed by atoms with E-state index >= 15 is 0 Å². The number of nitrogens with one attached hydrogen (secondary N) is 1. The van der Waals surface area contributed by atoms with Crippen LogP contribution in [0.25, 0.3) is 0 Å². The topological polar surface area (TPSA) is 71.0 Å². The van der Waals surface area contributed by atoms with Crippen molar-refractivity contribution >= 4 is 34.5 Å². The maximum absolute atomic E-state index is 13.0. The minimum atomic E-state index is -1.13. The van der Waals surface area contributed by atoms with Crippen LogP contribution in [-0.4, -0.2) is 35.2 Å². The van der Waals surface area contributed by atoms with E-state index in [1.807, 2.05) is 0 Å². The Morgan fingerprint density at radius 1 is 1.13 bits per heavy atom. The van der Waals surface area contributed by atoms with Gasteiger partial charge in [-0.1, -0.05) is 16.8 Å². The molecule has 1 aromatic carbocycles. The lowest BCUT2D eigenvalue weighted by atomic mass is 10.1. The summed E-state index contributed by atoms with van der Waals surface area (Å²) in [5.41, 5.74) is -0.152. The Kier molecular flexibility index (Phi) is 5.86. The van der Waals surface area contributed by atoms with E-state index in [-0.39, 0.29) is 5.69 Å². The standard InChI is InChI=1S/C14H14ClF2N3O3/c15-12(13(21)20-4-2-1-3-5-20)19-23-14(22)18-11-7-9(16)6-10(17)8-11/h6-8H,1-5H2,(H,18,22). The highest BCUT2D eigenvalue weighted by Crippen LogP contribution is 2.13. The molecule has 0 saturated carbocycles. The summed E-state index contributed by atoms with van der Waals surface area (Å²) in [5, 5.41) is 4.80. The first-order valence-electron chi connectivity index (χ1n) is 6.92. The number of halogens is 3. The number of carbonyl (C=O) groups excluding carboxylic acids is 2. The summed E-state index contributed by atoms with van der Waals surface area (Å²) in [5.74, 6) is -2.25. The Balaban J connectivity index is 1.90. The van der Waals surface area contributed by atoms with Gasteiger partial charge in [0, 0.05) is 24.8 Å². The lowest BCUT2D eigenvalue weighted by Crippen LogP contribution is -2.38. The number of amides is 2. The molecule has 1 fully saturated rings. The summed E-state index contributed by atoms with van der Waals surface area (Å²) in [4.78, 5) is 29.3. The van der Waals surface area contributed by atoms with E-state index < -0.39 is 28.8 Å². The van der Waals surface area contributed by atoms with Gasteiger partial charge in [0.25, 0.3) is 5.91 Å². The highest BCUT2D eigenvalue weighted by Gasteiger charge is 2.21. The second-order valence-corrected chi connectivity index (χ2v) is 5.25. The van der Waals surface area contributed by atoms with Crippen LogP contribution in [-0.2, 0) is 9.63 Å². The molecule has 0 radical (unpaired) electrons. The second-order valence-electron chi connectivity index (χ2n) is 4.90. The SMILES string of the molecule is O=C(Nc1cc(F)cc(F)c1)ON=C(Cl)C(=O)N1CCCCC1. The minimum Gasteiger partial charge on any atom is -0.336 e. The number of nitrogens with zero attached hydrogens (tertiary/aromatic N) is 2. The normalized spacial score (nSPS) is 15.3. The van der Waals surface area contributed by atoms with Gasteiger partial charge < -0.3 is 4.90 Å². The zero-order valence-corrected chi connectivity index (χ0v) is 12.8. The van der Waals surface area contributed by atoms with Crippen molar-refractivity contribution in [3.8, 4) is 0 Å². The van der Waals surface area contributed by atoms with Crippen molar-refractivity contribution < 1.29 is 23.2 Å². The Bertz CT molecular complexity index is 613. The molecule has 1 aromatic rings. The molecular formula is C14H14ClF2N3O3. The average molecular weight is 346 g/mol. The van der Waals surface area contributed by atoms with Gasteiger partial charge in [-0.05, 0) is 31.4 Å². The third-order valence-corrected chi connectivity index (χ3v) is 3.37. The minimum absolute atomic E-state index is 0.152. The molecule has 23 heavy (non-hydrogen) atoms. The van der Waals surface area contributed by atoms with Crippen molar-refractivity contribution in [3.63, 3.8) is 0 Å². The summed E-state index contributed by atoms with van der Waals surface area (Å²) in [6, 6.07) is 2.45. The van der Waals surface area contributed by atoms with Crippen LogP contribution in [0.1, 0.15) is 19.3 Å². The molecule has 1 heterocycles. The molecule has 124 valence electrons. The highest BCUT2D eigenvalue weighted by atomic mass is 35.5. The number of hydrogen-bond acceptors (Lipinski definition) is 4. The molecule has 2 rings (SSSR count). The maximum Gasteiger partial charge on any atom is 0.437 e. The predicted molar refractivity (Wildman–Crippen MR) is 80.2 cm³/mol. The molecule has 0 atom stereocenters. The Labute approximate surface area is 136 Å². The van der Waals surface area contributed by atoms with Crippen molar-refractivity contribution in [2.24, 2.45) is 5.16 Å². The number of carbonyl (C=O) groups is 2. The van der Waals surface area contributed by atoms with Crippen LogP contribution in [0.2, 0.25) is 0 Å². The molecule has 0 unspecified atom stereocenters. The van der Waals surface area contributed by atoms with Crippen molar-refractivity contribution in [1.82, 2.24) is 4.90 Å². The number of anilines is 1. The smallest absolute Gasteiger partial charge is 0.336 e. The van der Waals surface area contributed by atoms with Crippen LogP contribution >= 0.6 is 11.6 Å². The van der Waals surface area contributed by atoms with Crippen molar-refractivity contribution in [3.05, 3.63) is 29.8 Å². The van der Waals surface area contributed by atoms with Gasteiger partial charge in [0.15, 0.2) is 0 Å². The molecular weight excluding hydrogens is 332 g/mol. The van der Waals surface area contributed by atoms with Crippen molar-refractivity contribution in [2.75, 3.05) is 18.4 Å². The molecule has 9 heteroatoms. The fourth-order valence-corrected chi connectivity index (χ4v) is 2.27. The Morgan fingerprint density at radius 2 is 1.74 bits per heavy atom. The van der Waals surface area contributed by atoms with Crippen LogP contribution < -0.4 is 5.32 Å². The van der Waals surface area contributed by atoms with E-state index in [0.717, 1.165) is 31.4 Å². The number of likely N-dealkylation sites (tertiary alicyclic amines) is 1. The van der Waals surface area contributed by atoms with Gasteiger partial charge in [-0.25, -0.2) is 13.6 Å². The van der Waals surface area contributed by atoms with Gasteiger partial charge in [0.2, 0.25) is 5.17 Å². The predicted octanol–water partition coefficient (Wildman–Crippen LogP) is 3.08. The van der Waals surface area contributed by atoms with Crippen LogP contribution in [0.3, 0.4) is 0 Å². The molecule has 1 aliphatic heterocycles. The molecule has 2 amide bonds. The number of piperidine rings is 1. The molecule has 6 nitrogen and oxygen atoms in total. The number of oxime groups is 1. The molecule has 0 bridgehead atoms. The zero-order chi connectivity index (χ0) is 16.8. The molecule has 0 aliphatic carbocycles. The van der Waals surface area contributed by atoms with Gasteiger partial charge in [-0.2, -0.15) is 0 Å². The largest absolute Gasteiger partial charge is 0.437 e. The first-order chi connectivity index (χ1) is 11.0. The quantitative estimate of drug-likeness (QED) is 0.520. The molecule has 1 aliphatic rings. The molecule has 1 N–H and O–H groups in total. The summed E-state index contributed by atoms with van der Waals surface area (Å²) >= 11 is 5.70. The van der Waals surface area contributed by atoms with Crippen LogP contribution in [0.5, 0.6) is 0 Å². The molecule has 0 aromatic heterocycles. The highest BCUT2D eigenvalue weighted by molar-refractivity contribution is 6.82. The number of rotatable bonds is 3. The van der Waals surface area contributed by atoms with Crippen LogP contribution in [0.15, 0.2) is 23.4 Å². The van der Waals surface area contributed by atoms with Gasteiger partial charge in [0.05, 0.1) is 0 Å². The third-order valence-electron chi connectivity index (χ3n) is 3.14. The van der Waals surface area contributed by atoms with E-state index in [2.05, 4.69) is 15.3 Å². The molecule has 1 saturated heterocycles. The van der Waals surface area contributed by atoms with Gasteiger partial charge in [0.1, 0.15) is 11.6 Å². The van der Waals surface area contributed by atoms with Crippen LogP contribution in [0, 0.1) is 11.6 Å². The van der Waals surface area contributed by atoms with E-state index in [1.54, 1.807) is 0 Å². The van der Waals surface area contributed by atoms with Gasteiger partial charge in [-0.3, -0.25) is 14.9 Å². The monoisotopic (exact) mass is 345 g/mol. The summed E-state index contributed by atoms with van der Waals surface area (Å²) < 4.78 is 25.9. The first kappa shape index (κ1) is 17.1. The molecule has 0 spiro atoms. The van der Waals surface area contributed by atoms with Gasteiger partial charge >= 0.3 is 6.09 Å². The van der Waals surface area contributed by atoms with Crippen molar-refractivity contribution in [2.45, 2.75) is 19.3 Å². The maximum atomic E-state index is 13.0. The Hall–Kier alpha value is -2.22. The third kappa shape index (κ3) is 5.17. The lowest BCUT2D eigenvalue weighted by Gasteiger charge is -2.25. The summed E-state index contributed by atoms with van der Waals surface area (Å²) in [6.07, 6.45) is 1.67. The van der Waals surface area contributed by atoms with E-state index in [1.165, 1.54) is 4.90 Å². The zero-order valence-electron chi connectivity index (χ0n) is 12.0. The van der Waals surface area contributed by atoms with E-state index in [0.29, 0.717) is 19.2 Å². The van der Waals surface area contributed by atoms with Gasteiger partial charge in [-0.15, -0.1) is 0 Å². The lowest BCUT2D eigenvalue weighted by molar-refractivity contribution is -0.124. The first-order valence-corrected chi connectivity index (χ1v) is 7.30. The van der Waals surface area contributed by atoms with Crippen LogP contribution in [0.4, 0.5) is 19.3 Å². The summed E-state index contributed by atoms with van der Waals surface area (Å²) in [7, 11) is 0. The Morgan fingerprint density at radius 3 is 2.35 bits per heavy atom. The van der Waals surface area contributed by atoms with Crippen molar-refractivity contribution in [1.29, 1.82) is 0 Å². The summed E-state index contributed by atoms with van der Waals surface area (Å²) in [6.45, 7) is 1.14. The second kappa shape index (κ2) is 7.87. The fourth-order valence-electron chi connectivity index (χ4n) is 2.11. The number of benzene rings is 1. The van der Waals surface area contributed by atoms with E-state index in [4.69, 9.17) is 11.6 Å².